The zero-order valence-electron chi connectivity index (χ0n) is 11.6. The third kappa shape index (κ3) is 2.86. The van der Waals surface area contributed by atoms with Crippen LogP contribution in [0.3, 0.4) is 0 Å². The van der Waals surface area contributed by atoms with Gasteiger partial charge in [0, 0.05) is 19.2 Å². The zero-order valence-corrected chi connectivity index (χ0v) is 11.6. The molecular formula is C14H17N5O2. The van der Waals surface area contributed by atoms with Crippen molar-refractivity contribution in [2.45, 2.75) is 38.8 Å². The number of aromatic nitrogens is 4. The first-order valence-corrected chi connectivity index (χ1v) is 7.12. The van der Waals surface area contributed by atoms with Crippen LogP contribution in [-0.4, -0.2) is 25.7 Å². The molecule has 7 nitrogen and oxygen atoms in total. The third-order valence-corrected chi connectivity index (χ3v) is 3.66. The molecule has 0 atom stereocenters. The predicted octanol–water partition coefficient (Wildman–Crippen LogP) is 0.623. The van der Waals surface area contributed by atoms with E-state index in [2.05, 4.69) is 25.1 Å². The summed E-state index contributed by atoms with van der Waals surface area (Å²) < 4.78 is 2.07. The summed E-state index contributed by atoms with van der Waals surface area (Å²) in [7, 11) is 0. The minimum Gasteiger partial charge on any atom is -0.345 e. The molecule has 21 heavy (non-hydrogen) atoms. The molecule has 0 radical (unpaired) electrons. The highest BCUT2D eigenvalue weighted by Crippen LogP contribution is 2.14. The van der Waals surface area contributed by atoms with E-state index in [4.69, 9.17) is 0 Å². The van der Waals surface area contributed by atoms with Gasteiger partial charge in [-0.15, -0.1) is 10.2 Å². The van der Waals surface area contributed by atoms with E-state index in [0.717, 1.165) is 37.5 Å². The van der Waals surface area contributed by atoms with Crippen molar-refractivity contribution in [2.24, 2.45) is 0 Å². The highest BCUT2D eigenvalue weighted by atomic mass is 16.2. The van der Waals surface area contributed by atoms with Crippen LogP contribution >= 0.6 is 0 Å². The summed E-state index contributed by atoms with van der Waals surface area (Å²) in [5.41, 5.74) is -0.289. The van der Waals surface area contributed by atoms with E-state index < -0.39 is 11.5 Å². The van der Waals surface area contributed by atoms with Gasteiger partial charge in [-0.2, -0.15) is 0 Å². The Balaban J connectivity index is 1.71. The number of carbonyl (C=O) groups is 1. The lowest BCUT2D eigenvalue weighted by Crippen LogP contribution is -2.30. The SMILES string of the molecule is O=C(NCc1nnc2n1CCCCC2)c1ccc[nH]c1=O. The van der Waals surface area contributed by atoms with E-state index in [1.807, 2.05) is 0 Å². The second-order valence-corrected chi connectivity index (χ2v) is 5.09. The first kappa shape index (κ1) is 13.5. The normalized spacial score (nSPS) is 14.3. The first-order chi connectivity index (χ1) is 10.3. The van der Waals surface area contributed by atoms with Crippen molar-refractivity contribution in [1.29, 1.82) is 0 Å². The summed E-state index contributed by atoms with van der Waals surface area (Å²) in [6.07, 6.45) is 5.85. The molecule has 3 rings (SSSR count). The largest absolute Gasteiger partial charge is 0.345 e. The second kappa shape index (κ2) is 5.90. The molecular weight excluding hydrogens is 270 g/mol. The summed E-state index contributed by atoms with van der Waals surface area (Å²) in [6.45, 7) is 1.17. The maximum atomic E-state index is 12.0. The number of fused-ring (bicyclic) bond motifs is 1. The van der Waals surface area contributed by atoms with Gasteiger partial charge in [0.25, 0.3) is 11.5 Å². The van der Waals surface area contributed by atoms with E-state index in [1.54, 1.807) is 6.07 Å². The average molecular weight is 287 g/mol. The quantitative estimate of drug-likeness (QED) is 0.865. The molecule has 110 valence electrons. The molecule has 0 saturated heterocycles. The summed E-state index contributed by atoms with van der Waals surface area (Å²) in [4.78, 5) is 26.0. The van der Waals surface area contributed by atoms with E-state index in [0.29, 0.717) is 0 Å². The molecule has 0 spiro atoms. The van der Waals surface area contributed by atoms with Crippen LogP contribution in [-0.2, 0) is 19.5 Å². The maximum absolute atomic E-state index is 12.0. The van der Waals surface area contributed by atoms with Gasteiger partial charge in [0.1, 0.15) is 11.4 Å². The van der Waals surface area contributed by atoms with Gasteiger partial charge in [-0.25, -0.2) is 0 Å². The van der Waals surface area contributed by atoms with E-state index in [-0.39, 0.29) is 12.1 Å². The number of pyridine rings is 1. The summed E-state index contributed by atoms with van der Waals surface area (Å²) >= 11 is 0. The second-order valence-electron chi connectivity index (χ2n) is 5.09. The third-order valence-electron chi connectivity index (χ3n) is 3.66. The number of nitrogens with zero attached hydrogens (tertiary/aromatic N) is 3. The van der Waals surface area contributed by atoms with Crippen molar-refractivity contribution in [1.82, 2.24) is 25.1 Å². The van der Waals surface area contributed by atoms with E-state index >= 15 is 0 Å². The molecule has 1 aliphatic rings. The number of rotatable bonds is 3. The molecule has 0 unspecified atom stereocenters. The van der Waals surface area contributed by atoms with Crippen LogP contribution in [0.2, 0.25) is 0 Å². The minimum atomic E-state index is -0.400. The van der Waals surface area contributed by atoms with Crippen LogP contribution in [0.15, 0.2) is 23.1 Å². The van der Waals surface area contributed by atoms with Crippen molar-refractivity contribution >= 4 is 5.91 Å². The van der Waals surface area contributed by atoms with Gasteiger partial charge in [0.05, 0.1) is 6.54 Å². The van der Waals surface area contributed by atoms with Gasteiger partial charge in [0.15, 0.2) is 5.82 Å². The standard InChI is InChI=1S/C14H17N5O2/c20-13-10(5-4-7-15-13)14(21)16-9-12-18-17-11-6-2-1-3-8-19(11)12/h4-5,7H,1-3,6,8-9H2,(H,15,20)(H,16,21). The van der Waals surface area contributed by atoms with Gasteiger partial charge in [-0.1, -0.05) is 6.42 Å². The Labute approximate surface area is 121 Å². The van der Waals surface area contributed by atoms with Crippen LogP contribution in [0.5, 0.6) is 0 Å². The van der Waals surface area contributed by atoms with Gasteiger partial charge in [-0.05, 0) is 25.0 Å². The molecule has 2 aromatic rings. The van der Waals surface area contributed by atoms with Crippen molar-refractivity contribution < 1.29 is 4.79 Å². The number of aromatic amines is 1. The highest BCUT2D eigenvalue weighted by Gasteiger charge is 2.16. The van der Waals surface area contributed by atoms with Crippen molar-refractivity contribution in [3.63, 3.8) is 0 Å². The summed E-state index contributed by atoms with van der Waals surface area (Å²) in [5.74, 6) is 1.32. The zero-order chi connectivity index (χ0) is 14.7. The van der Waals surface area contributed by atoms with Gasteiger partial charge < -0.3 is 14.9 Å². The molecule has 1 amide bonds. The predicted molar refractivity (Wildman–Crippen MR) is 75.8 cm³/mol. The smallest absolute Gasteiger partial charge is 0.260 e. The molecule has 1 aliphatic heterocycles. The molecule has 0 saturated carbocycles. The lowest BCUT2D eigenvalue weighted by Gasteiger charge is -2.08. The molecule has 2 N–H and O–H groups in total. The molecule has 7 heteroatoms. The Kier molecular flexibility index (Phi) is 3.81. The molecule has 3 heterocycles. The number of amides is 1. The Hall–Kier alpha value is -2.44. The Bertz CT molecular complexity index is 703. The van der Waals surface area contributed by atoms with Crippen LogP contribution in [0.1, 0.15) is 41.3 Å². The topological polar surface area (TPSA) is 92.7 Å². The van der Waals surface area contributed by atoms with Crippen LogP contribution in [0, 0.1) is 0 Å². The first-order valence-electron chi connectivity index (χ1n) is 7.12. The van der Waals surface area contributed by atoms with E-state index in [1.165, 1.54) is 18.7 Å². The van der Waals surface area contributed by atoms with Crippen molar-refractivity contribution in [3.8, 4) is 0 Å². The molecule has 0 bridgehead atoms. The Morgan fingerprint density at radius 1 is 1.33 bits per heavy atom. The van der Waals surface area contributed by atoms with Crippen LogP contribution in [0.25, 0.3) is 0 Å². The lowest BCUT2D eigenvalue weighted by molar-refractivity contribution is 0.0948. The average Bonchev–Trinajstić information content (AvgIpc) is 2.72. The number of hydrogen-bond acceptors (Lipinski definition) is 4. The fraction of sp³-hybridized carbons (Fsp3) is 0.429. The minimum absolute atomic E-state index is 0.105. The number of carbonyl (C=O) groups excluding carboxylic acids is 1. The number of nitrogens with one attached hydrogen (secondary N) is 2. The van der Waals surface area contributed by atoms with Crippen LogP contribution in [0.4, 0.5) is 0 Å². The number of aryl methyl sites for hydroxylation is 1. The van der Waals surface area contributed by atoms with Gasteiger partial charge in [-0.3, -0.25) is 9.59 Å². The maximum Gasteiger partial charge on any atom is 0.260 e. The van der Waals surface area contributed by atoms with Gasteiger partial charge >= 0.3 is 0 Å². The van der Waals surface area contributed by atoms with Gasteiger partial charge in [0.2, 0.25) is 0 Å². The summed E-state index contributed by atoms with van der Waals surface area (Å²) in [5, 5.41) is 11.0. The Morgan fingerprint density at radius 3 is 3.10 bits per heavy atom. The molecule has 0 aromatic carbocycles. The monoisotopic (exact) mass is 287 g/mol. The molecule has 2 aromatic heterocycles. The van der Waals surface area contributed by atoms with Crippen molar-refractivity contribution in [2.75, 3.05) is 0 Å². The number of H-pyrrole nitrogens is 1. The fourth-order valence-corrected chi connectivity index (χ4v) is 2.53. The summed E-state index contributed by atoms with van der Waals surface area (Å²) in [6, 6.07) is 3.12. The van der Waals surface area contributed by atoms with Crippen molar-refractivity contribution in [3.05, 3.63) is 45.9 Å². The molecule has 0 aliphatic carbocycles. The highest BCUT2D eigenvalue weighted by molar-refractivity contribution is 5.93. The van der Waals surface area contributed by atoms with E-state index in [9.17, 15) is 9.59 Å². The van der Waals surface area contributed by atoms with Crippen LogP contribution < -0.4 is 10.9 Å². The molecule has 0 fully saturated rings. The number of hydrogen-bond donors (Lipinski definition) is 2. The lowest BCUT2D eigenvalue weighted by atomic mass is 10.2. The fourth-order valence-electron chi connectivity index (χ4n) is 2.53. The Morgan fingerprint density at radius 2 is 2.24 bits per heavy atom.